The van der Waals surface area contributed by atoms with Gasteiger partial charge in [-0.2, -0.15) is 0 Å². The number of ether oxygens (including phenoxy) is 1. The summed E-state index contributed by atoms with van der Waals surface area (Å²) in [7, 11) is 1.42. The summed E-state index contributed by atoms with van der Waals surface area (Å²) in [6.07, 6.45) is 0.977. The van der Waals surface area contributed by atoms with Gasteiger partial charge in [-0.1, -0.05) is 23.4 Å². The minimum absolute atomic E-state index is 0.257. The van der Waals surface area contributed by atoms with Gasteiger partial charge in [0.2, 0.25) is 0 Å². The van der Waals surface area contributed by atoms with E-state index in [1.807, 2.05) is 13.0 Å². The largest absolute Gasteiger partial charge is 0.465 e. The van der Waals surface area contributed by atoms with Crippen LogP contribution in [0, 0.1) is 6.92 Å². The number of methoxy groups -OCH3 is 1. The van der Waals surface area contributed by atoms with Crippen LogP contribution in [0.5, 0.6) is 0 Å². The SMILES string of the molecule is COC(=O)c1cc2c(cc1C)CC(C)=CS2. The maximum atomic E-state index is 11.5. The van der Waals surface area contributed by atoms with Gasteiger partial charge in [-0.15, -0.1) is 0 Å². The highest BCUT2D eigenvalue weighted by molar-refractivity contribution is 8.02. The monoisotopic (exact) mass is 234 g/mol. The average molecular weight is 234 g/mol. The quantitative estimate of drug-likeness (QED) is 0.697. The molecule has 0 bridgehead atoms. The van der Waals surface area contributed by atoms with Gasteiger partial charge in [0, 0.05) is 4.90 Å². The van der Waals surface area contributed by atoms with Gasteiger partial charge in [-0.25, -0.2) is 4.79 Å². The summed E-state index contributed by atoms with van der Waals surface area (Å²) < 4.78 is 4.77. The number of allylic oxidation sites excluding steroid dienone is 1. The van der Waals surface area contributed by atoms with Crippen LogP contribution in [0.2, 0.25) is 0 Å². The number of carbonyl (C=O) groups excluding carboxylic acids is 1. The summed E-state index contributed by atoms with van der Waals surface area (Å²) in [5, 5.41) is 2.14. The Morgan fingerprint density at radius 2 is 2.12 bits per heavy atom. The van der Waals surface area contributed by atoms with Crippen LogP contribution in [0.1, 0.15) is 28.4 Å². The third-order valence-corrected chi connectivity index (χ3v) is 3.82. The molecule has 0 saturated heterocycles. The van der Waals surface area contributed by atoms with E-state index in [-0.39, 0.29) is 5.97 Å². The molecule has 16 heavy (non-hydrogen) atoms. The lowest BCUT2D eigenvalue weighted by Gasteiger charge is -2.16. The molecule has 0 fully saturated rings. The van der Waals surface area contributed by atoms with E-state index in [1.54, 1.807) is 11.8 Å². The minimum Gasteiger partial charge on any atom is -0.465 e. The Labute approximate surface area is 99.7 Å². The zero-order chi connectivity index (χ0) is 11.7. The predicted octanol–water partition coefficient (Wildman–Crippen LogP) is 3.33. The number of hydrogen-bond acceptors (Lipinski definition) is 3. The second kappa shape index (κ2) is 4.34. The van der Waals surface area contributed by atoms with Crippen molar-refractivity contribution >= 4 is 17.7 Å². The maximum Gasteiger partial charge on any atom is 0.338 e. The van der Waals surface area contributed by atoms with Gasteiger partial charge in [0.25, 0.3) is 0 Å². The molecule has 0 unspecified atom stereocenters. The molecule has 3 heteroatoms. The Morgan fingerprint density at radius 3 is 2.81 bits per heavy atom. The molecule has 0 N–H and O–H groups in total. The second-order valence-electron chi connectivity index (χ2n) is 4.03. The van der Waals surface area contributed by atoms with Gasteiger partial charge in [0.05, 0.1) is 12.7 Å². The Hall–Kier alpha value is -1.22. The molecule has 1 aliphatic rings. The molecular formula is C13H14O2S. The molecule has 1 aromatic carbocycles. The third-order valence-electron chi connectivity index (χ3n) is 2.67. The normalized spacial score (nSPS) is 14.1. The summed E-state index contributed by atoms with van der Waals surface area (Å²) in [5.74, 6) is -0.257. The van der Waals surface area contributed by atoms with Gasteiger partial charge < -0.3 is 4.74 Å². The minimum atomic E-state index is -0.257. The summed E-state index contributed by atoms with van der Waals surface area (Å²) in [6, 6.07) is 4.02. The number of hydrogen-bond donors (Lipinski definition) is 0. The molecule has 0 atom stereocenters. The smallest absolute Gasteiger partial charge is 0.338 e. The van der Waals surface area contributed by atoms with Crippen molar-refractivity contribution in [3.63, 3.8) is 0 Å². The molecule has 2 nitrogen and oxygen atoms in total. The topological polar surface area (TPSA) is 26.3 Å². The number of aryl methyl sites for hydroxylation is 1. The van der Waals surface area contributed by atoms with Crippen LogP contribution in [0.15, 0.2) is 28.0 Å². The molecule has 0 aromatic heterocycles. The summed E-state index contributed by atoms with van der Waals surface area (Å²) >= 11 is 1.68. The highest BCUT2D eigenvalue weighted by atomic mass is 32.2. The third kappa shape index (κ3) is 2.00. The van der Waals surface area contributed by atoms with E-state index >= 15 is 0 Å². The van der Waals surface area contributed by atoms with Gasteiger partial charge in [-0.3, -0.25) is 0 Å². The molecule has 0 amide bonds. The molecular weight excluding hydrogens is 220 g/mol. The van der Waals surface area contributed by atoms with Crippen LogP contribution in [-0.4, -0.2) is 13.1 Å². The summed E-state index contributed by atoms with van der Waals surface area (Å²) in [5.41, 5.74) is 4.32. The average Bonchev–Trinajstić information content (AvgIpc) is 2.27. The van der Waals surface area contributed by atoms with Crippen molar-refractivity contribution in [2.75, 3.05) is 7.11 Å². The van der Waals surface area contributed by atoms with Crippen LogP contribution < -0.4 is 0 Å². The predicted molar refractivity (Wildman–Crippen MR) is 65.8 cm³/mol. The van der Waals surface area contributed by atoms with Gasteiger partial charge >= 0.3 is 5.97 Å². The first-order valence-electron chi connectivity index (χ1n) is 5.16. The molecule has 0 aliphatic carbocycles. The number of benzene rings is 1. The van der Waals surface area contributed by atoms with Crippen molar-refractivity contribution in [2.45, 2.75) is 25.2 Å². The lowest BCUT2D eigenvalue weighted by Crippen LogP contribution is -2.06. The van der Waals surface area contributed by atoms with E-state index in [2.05, 4.69) is 18.4 Å². The van der Waals surface area contributed by atoms with Gasteiger partial charge in [-0.05, 0) is 42.9 Å². The van der Waals surface area contributed by atoms with Crippen molar-refractivity contribution in [3.8, 4) is 0 Å². The van der Waals surface area contributed by atoms with Crippen molar-refractivity contribution in [1.82, 2.24) is 0 Å². The van der Waals surface area contributed by atoms with E-state index < -0.39 is 0 Å². The van der Waals surface area contributed by atoms with Crippen molar-refractivity contribution < 1.29 is 9.53 Å². The highest BCUT2D eigenvalue weighted by Gasteiger charge is 2.16. The lowest BCUT2D eigenvalue weighted by atomic mass is 10.0. The first-order valence-corrected chi connectivity index (χ1v) is 6.04. The van der Waals surface area contributed by atoms with Crippen LogP contribution in [0.3, 0.4) is 0 Å². The number of esters is 1. The lowest BCUT2D eigenvalue weighted by molar-refractivity contribution is 0.0599. The zero-order valence-corrected chi connectivity index (χ0v) is 10.5. The fourth-order valence-corrected chi connectivity index (χ4v) is 2.71. The highest BCUT2D eigenvalue weighted by Crippen LogP contribution is 2.34. The van der Waals surface area contributed by atoms with Crippen molar-refractivity contribution in [1.29, 1.82) is 0 Å². The van der Waals surface area contributed by atoms with E-state index in [0.717, 1.165) is 16.9 Å². The Morgan fingerprint density at radius 1 is 1.38 bits per heavy atom. The molecule has 0 saturated carbocycles. The first-order chi connectivity index (χ1) is 7.61. The maximum absolute atomic E-state index is 11.5. The number of carbonyl (C=O) groups is 1. The van der Waals surface area contributed by atoms with Gasteiger partial charge in [0.1, 0.15) is 0 Å². The molecule has 84 valence electrons. The van der Waals surface area contributed by atoms with Crippen LogP contribution in [0.25, 0.3) is 0 Å². The first kappa shape index (κ1) is 11.3. The fraction of sp³-hybridized carbons (Fsp3) is 0.308. The molecule has 2 rings (SSSR count). The van der Waals surface area contributed by atoms with Crippen LogP contribution >= 0.6 is 11.8 Å². The van der Waals surface area contributed by atoms with E-state index in [4.69, 9.17) is 4.74 Å². The van der Waals surface area contributed by atoms with Crippen molar-refractivity contribution in [3.05, 3.63) is 39.8 Å². The van der Waals surface area contributed by atoms with Crippen LogP contribution in [-0.2, 0) is 11.2 Å². The summed E-state index contributed by atoms with van der Waals surface area (Å²) in [4.78, 5) is 12.7. The van der Waals surface area contributed by atoms with Crippen molar-refractivity contribution in [2.24, 2.45) is 0 Å². The molecule has 1 heterocycles. The summed E-state index contributed by atoms with van der Waals surface area (Å²) in [6.45, 7) is 4.07. The Kier molecular flexibility index (Phi) is 3.06. The van der Waals surface area contributed by atoms with Crippen LogP contribution in [0.4, 0.5) is 0 Å². The van der Waals surface area contributed by atoms with E-state index in [0.29, 0.717) is 5.56 Å². The number of rotatable bonds is 1. The van der Waals surface area contributed by atoms with Gasteiger partial charge in [0.15, 0.2) is 0 Å². The Balaban J connectivity index is 2.45. The molecule has 0 spiro atoms. The number of thioether (sulfide) groups is 1. The molecule has 0 radical (unpaired) electrons. The zero-order valence-electron chi connectivity index (χ0n) is 9.66. The van der Waals surface area contributed by atoms with E-state index in [9.17, 15) is 4.79 Å². The number of fused-ring (bicyclic) bond motifs is 1. The second-order valence-corrected chi connectivity index (χ2v) is 4.94. The molecule has 1 aliphatic heterocycles. The fourth-order valence-electron chi connectivity index (χ4n) is 1.83. The molecule has 1 aromatic rings. The Bertz CT molecular complexity index is 475. The standard InChI is InChI=1S/C13H14O2S/c1-8-4-10-5-9(2)11(13(14)15-3)6-12(10)16-7-8/h5-7H,4H2,1-3H3. The van der Waals surface area contributed by atoms with E-state index in [1.165, 1.54) is 18.2 Å².